The molecular weight excluding hydrogens is 244 g/mol. The van der Waals surface area contributed by atoms with Crippen LogP contribution in [0.4, 0.5) is 0 Å². The number of rotatable bonds is 3. The Morgan fingerprint density at radius 2 is 2.00 bits per heavy atom. The zero-order valence-electron chi connectivity index (χ0n) is 7.52. The molecule has 2 nitrogen and oxygen atoms in total. The molecule has 1 aromatic rings. The van der Waals surface area contributed by atoms with Crippen LogP contribution < -0.4 is 5.32 Å². The van der Waals surface area contributed by atoms with Gasteiger partial charge in [-0.15, -0.1) is 0 Å². The van der Waals surface area contributed by atoms with E-state index in [9.17, 15) is 0 Å². The number of benzene rings is 1. The molecular formula is C9H10Cl3NO. The summed E-state index contributed by atoms with van der Waals surface area (Å²) in [6, 6.07) is 3.00. The molecule has 1 aromatic carbocycles. The number of nitrogens with one attached hydrogen (secondary N) is 1. The molecule has 0 spiro atoms. The summed E-state index contributed by atoms with van der Waals surface area (Å²) in [5.74, 6) is 0. The van der Waals surface area contributed by atoms with E-state index in [0.29, 0.717) is 20.6 Å². The second-order valence-electron chi connectivity index (χ2n) is 2.81. The van der Waals surface area contributed by atoms with Crippen LogP contribution in [-0.4, -0.2) is 18.8 Å². The highest BCUT2D eigenvalue weighted by atomic mass is 35.5. The van der Waals surface area contributed by atoms with Crippen molar-refractivity contribution in [3.63, 3.8) is 0 Å². The average Bonchev–Trinajstić information content (AvgIpc) is 2.15. The van der Waals surface area contributed by atoms with E-state index >= 15 is 0 Å². The molecule has 0 heterocycles. The van der Waals surface area contributed by atoms with E-state index in [-0.39, 0.29) is 12.6 Å². The fourth-order valence-corrected chi connectivity index (χ4v) is 1.92. The van der Waals surface area contributed by atoms with Gasteiger partial charge in [0.25, 0.3) is 0 Å². The lowest BCUT2D eigenvalue weighted by molar-refractivity contribution is 0.251. The SMILES string of the molecule is CNC(CO)c1cc(Cl)cc(Cl)c1Cl. The van der Waals surface area contributed by atoms with Gasteiger partial charge in [-0.25, -0.2) is 0 Å². The van der Waals surface area contributed by atoms with Gasteiger partial charge in [-0.3, -0.25) is 0 Å². The van der Waals surface area contributed by atoms with Crippen molar-refractivity contribution in [3.05, 3.63) is 32.8 Å². The van der Waals surface area contributed by atoms with Crippen molar-refractivity contribution < 1.29 is 5.11 Å². The Labute approximate surface area is 97.8 Å². The van der Waals surface area contributed by atoms with Gasteiger partial charge < -0.3 is 10.4 Å². The van der Waals surface area contributed by atoms with Crippen molar-refractivity contribution in [2.24, 2.45) is 0 Å². The molecule has 1 atom stereocenters. The molecule has 0 aliphatic heterocycles. The summed E-state index contributed by atoms with van der Waals surface area (Å²) in [6.45, 7) is -0.0626. The second kappa shape index (κ2) is 5.19. The van der Waals surface area contributed by atoms with Gasteiger partial charge in [0, 0.05) is 5.02 Å². The third-order valence-corrected chi connectivity index (χ3v) is 2.96. The molecule has 0 saturated heterocycles. The zero-order chi connectivity index (χ0) is 10.7. The predicted octanol–water partition coefficient (Wildman–Crippen LogP) is 2.90. The highest BCUT2D eigenvalue weighted by Crippen LogP contribution is 2.33. The Morgan fingerprint density at radius 3 is 2.50 bits per heavy atom. The molecule has 0 aliphatic carbocycles. The lowest BCUT2D eigenvalue weighted by atomic mass is 10.1. The normalized spacial score (nSPS) is 12.9. The molecule has 2 N–H and O–H groups in total. The van der Waals surface area contributed by atoms with Gasteiger partial charge in [-0.2, -0.15) is 0 Å². The largest absolute Gasteiger partial charge is 0.394 e. The molecule has 0 bridgehead atoms. The Balaban J connectivity index is 3.18. The number of aliphatic hydroxyl groups is 1. The lowest BCUT2D eigenvalue weighted by Crippen LogP contribution is -2.20. The first kappa shape index (κ1) is 12.1. The Morgan fingerprint density at radius 1 is 1.36 bits per heavy atom. The lowest BCUT2D eigenvalue weighted by Gasteiger charge is -2.16. The van der Waals surface area contributed by atoms with Gasteiger partial charge in [0.1, 0.15) is 0 Å². The summed E-state index contributed by atoms with van der Waals surface area (Å²) in [5.41, 5.74) is 0.703. The number of halogens is 3. The first-order valence-corrected chi connectivity index (χ1v) is 5.16. The van der Waals surface area contributed by atoms with Crippen molar-refractivity contribution >= 4 is 34.8 Å². The van der Waals surface area contributed by atoms with Crippen LogP contribution in [0, 0.1) is 0 Å². The van der Waals surface area contributed by atoms with Crippen LogP contribution in [0.15, 0.2) is 12.1 Å². The summed E-state index contributed by atoms with van der Waals surface area (Å²) in [5, 5.41) is 13.3. The fourth-order valence-electron chi connectivity index (χ4n) is 1.17. The van der Waals surface area contributed by atoms with Crippen molar-refractivity contribution in [1.82, 2.24) is 5.32 Å². The van der Waals surface area contributed by atoms with E-state index in [4.69, 9.17) is 39.9 Å². The van der Waals surface area contributed by atoms with Gasteiger partial charge in [0.05, 0.1) is 22.7 Å². The van der Waals surface area contributed by atoms with Crippen LogP contribution in [0.25, 0.3) is 0 Å². The third kappa shape index (κ3) is 2.53. The van der Waals surface area contributed by atoms with Gasteiger partial charge in [-0.1, -0.05) is 34.8 Å². The molecule has 14 heavy (non-hydrogen) atoms. The van der Waals surface area contributed by atoms with Crippen molar-refractivity contribution in [2.75, 3.05) is 13.7 Å². The molecule has 0 aromatic heterocycles. The van der Waals surface area contributed by atoms with Gasteiger partial charge >= 0.3 is 0 Å². The Bertz CT molecular complexity index is 326. The summed E-state index contributed by atoms with van der Waals surface area (Å²) < 4.78 is 0. The summed E-state index contributed by atoms with van der Waals surface area (Å²) in [6.07, 6.45) is 0. The first-order valence-electron chi connectivity index (χ1n) is 4.02. The third-order valence-electron chi connectivity index (χ3n) is 1.93. The van der Waals surface area contributed by atoms with E-state index in [1.807, 2.05) is 0 Å². The highest BCUT2D eigenvalue weighted by Gasteiger charge is 2.14. The predicted molar refractivity (Wildman–Crippen MR) is 60.4 cm³/mol. The standard InChI is InChI=1S/C9H10Cl3NO/c1-13-8(4-14)6-2-5(10)3-7(11)9(6)12/h2-3,8,13-14H,4H2,1H3. The maximum absolute atomic E-state index is 9.08. The second-order valence-corrected chi connectivity index (χ2v) is 4.04. The fraction of sp³-hybridized carbons (Fsp3) is 0.333. The molecule has 0 saturated carbocycles. The Hall–Kier alpha value is 0.01000. The maximum Gasteiger partial charge on any atom is 0.0642 e. The molecule has 1 rings (SSSR count). The molecule has 78 valence electrons. The topological polar surface area (TPSA) is 32.3 Å². The van der Waals surface area contributed by atoms with Crippen LogP contribution in [0.5, 0.6) is 0 Å². The first-order chi connectivity index (χ1) is 6.60. The van der Waals surface area contributed by atoms with Crippen molar-refractivity contribution in [1.29, 1.82) is 0 Å². The van der Waals surface area contributed by atoms with Crippen LogP contribution in [0.1, 0.15) is 11.6 Å². The van der Waals surface area contributed by atoms with Gasteiger partial charge in [-0.05, 0) is 24.7 Å². The van der Waals surface area contributed by atoms with E-state index in [1.165, 1.54) is 0 Å². The maximum atomic E-state index is 9.08. The minimum absolute atomic E-state index is 0.0626. The molecule has 0 amide bonds. The summed E-state index contributed by atoms with van der Waals surface area (Å²) in [4.78, 5) is 0. The van der Waals surface area contributed by atoms with Gasteiger partial charge in [0.2, 0.25) is 0 Å². The Kier molecular flexibility index (Phi) is 4.48. The van der Waals surface area contributed by atoms with Gasteiger partial charge in [0.15, 0.2) is 0 Å². The molecule has 1 unspecified atom stereocenters. The van der Waals surface area contributed by atoms with E-state index < -0.39 is 0 Å². The van der Waals surface area contributed by atoms with E-state index in [2.05, 4.69) is 5.32 Å². The average molecular weight is 255 g/mol. The number of likely N-dealkylation sites (N-methyl/N-ethyl adjacent to an activating group) is 1. The molecule has 0 radical (unpaired) electrons. The monoisotopic (exact) mass is 253 g/mol. The minimum atomic E-state index is -0.251. The van der Waals surface area contributed by atoms with Crippen molar-refractivity contribution in [2.45, 2.75) is 6.04 Å². The molecule has 5 heteroatoms. The van der Waals surface area contributed by atoms with E-state index in [1.54, 1.807) is 19.2 Å². The zero-order valence-corrected chi connectivity index (χ0v) is 9.79. The van der Waals surface area contributed by atoms with Crippen LogP contribution in [-0.2, 0) is 0 Å². The highest BCUT2D eigenvalue weighted by molar-refractivity contribution is 6.43. The molecule has 0 fully saturated rings. The number of hydrogen-bond donors (Lipinski definition) is 2. The molecule has 0 aliphatic rings. The van der Waals surface area contributed by atoms with Crippen LogP contribution in [0.2, 0.25) is 15.1 Å². The number of hydrogen-bond acceptors (Lipinski definition) is 2. The van der Waals surface area contributed by atoms with Crippen LogP contribution >= 0.6 is 34.8 Å². The summed E-state index contributed by atoms with van der Waals surface area (Å²) in [7, 11) is 1.73. The van der Waals surface area contributed by atoms with Crippen LogP contribution in [0.3, 0.4) is 0 Å². The summed E-state index contributed by atoms with van der Waals surface area (Å²) >= 11 is 17.7. The smallest absolute Gasteiger partial charge is 0.0642 e. The minimum Gasteiger partial charge on any atom is -0.394 e. The van der Waals surface area contributed by atoms with E-state index in [0.717, 1.165) is 0 Å². The number of aliphatic hydroxyl groups excluding tert-OH is 1. The quantitative estimate of drug-likeness (QED) is 0.813. The van der Waals surface area contributed by atoms with Crippen molar-refractivity contribution in [3.8, 4) is 0 Å².